The minimum absolute atomic E-state index is 0.0168. The molecule has 1 fully saturated rings. The number of nitrogens with zero attached hydrogens (tertiary/aromatic N) is 3. The van der Waals surface area contributed by atoms with E-state index in [-0.39, 0.29) is 5.91 Å². The molecular formula is C17H22N4OS. The standard InChI is InChI=1S/C17H22N4OS/c1-4-21-16(13-6-7-13)19-20-17(21)23-10-15(22)18-14-8-5-11(2)12(3)9-14/h5,8-9,13H,4,6-7,10H2,1-3H3,(H,18,22). The third kappa shape index (κ3) is 3.75. The third-order valence-corrected chi connectivity index (χ3v) is 5.09. The van der Waals surface area contributed by atoms with E-state index in [1.807, 2.05) is 25.1 Å². The van der Waals surface area contributed by atoms with Crippen molar-refractivity contribution in [3.05, 3.63) is 35.2 Å². The predicted octanol–water partition coefficient (Wildman–Crippen LogP) is 3.52. The van der Waals surface area contributed by atoms with Crippen LogP contribution in [0.3, 0.4) is 0 Å². The van der Waals surface area contributed by atoms with E-state index in [4.69, 9.17) is 0 Å². The van der Waals surface area contributed by atoms with Gasteiger partial charge in [0.15, 0.2) is 5.16 Å². The average molecular weight is 330 g/mol. The van der Waals surface area contributed by atoms with Crippen LogP contribution in [-0.4, -0.2) is 26.4 Å². The first-order chi connectivity index (χ1) is 11.1. The van der Waals surface area contributed by atoms with Crippen LogP contribution in [0.2, 0.25) is 0 Å². The second-order valence-electron chi connectivity index (χ2n) is 6.00. The molecule has 23 heavy (non-hydrogen) atoms. The van der Waals surface area contributed by atoms with Crippen LogP contribution in [0.1, 0.15) is 42.6 Å². The molecule has 6 heteroatoms. The molecule has 5 nitrogen and oxygen atoms in total. The zero-order valence-corrected chi connectivity index (χ0v) is 14.6. The smallest absolute Gasteiger partial charge is 0.234 e. The zero-order chi connectivity index (χ0) is 16.4. The first-order valence-corrected chi connectivity index (χ1v) is 9.00. The highest BCUT2D eigenvalue weighted by Gasteiger charge is 2.30. The Morgan fingerprint density at radius 2 is 2.09 bits per heavy atom. The van der Waals surface area contributed by atoms with Gasteiger partial charge in [-0.25, -0.2) is 0 Å². The maximum Gasteiger partial charge on any atom is 0.234 e. The van der Waals surface area contributed by atoms with Gasteiger partial charge in [-0.05, 0) is 56.9 Å². The van der Waals surface area contributed by atoms with Gasteiger partial charge in [0.1, 0.15) is 5.82 Å². The molecule has 0 aliphatic heterocycles. The lowest BCUT2D eigenvalue weighted by atomic mass is 10.1. The van der Waals surface area contributed by atoms with Crippen molar-refractivity contribution in [1.29, 1.82) is 0 Å². The number of benzene rings is 1. The zero-order valence-electron chi connectivity index (χ0n) is 13.8. The Morgan fingerprint density at radius 1 is 1.30 bits per heavy atom. The summed E-state index contributed by atoms with van der Waals surface area (Å²) < 4.78 is 2.13. The number of aromatic nitrogens is 3. The summed E-state index contributed by atoms with van der Waals surface area (Å²) in [5.74, 6) is 1.97. The van der Waals surface area contributed by atoms with E-state index in [1.165, 1.54) is 35.7 Å². The number of rotatable bonds is 6. The van der Waals surface area contributed by atoms with Crippen LogP contribution in [0.25, 0.3) is 0 Å². The number of amides is 1. The van der Waals surface area contributed by atoms with Crippen LogP contribution in [0.15, 0.2) is 23.4 Å². The highest BCUT2D eigenvalue weighted by Crippen LogP contribution is 2.39. The fourth-order valence-electron chi connectivity index (χ4n) is 2.49. The van der Waals surface area contributed by atoms with Gasteiger partial charge in [-0.2, -0.15) is 0 Å². The van der Waals surface area contributed by atoms with Crippen molar-refractivity contribution < 1.29 is 4.79 Å². The van der Waals surface area contributed by atoms with Crippen molar-refractivity contribution in [2.45, 2.75) is 51.2 Å². The molecule has 0 saturated heterocycles. The summed E-state index contributed by atoms with van der Waals surface area (Å²) in [4.78, 5) is 12.1. The largest absolute Gasteiger partial charge is 0.325 e. The van der Waals surface area contributed by atoms with Crippen LogP contribution >= 0.6 is 11.8 Å². The Labute approximate surface area is 140 Å². The lowest BCUT2D eigenvalue weighted by Gasteiger charge is -2.08. The van der Waals surface area contributed by atoms with E-state index in [0.717, 1.165) is 23.2 Å². The molecule has 122 valence electrons. The number of hydrogen-bond acceptors (Lipinski definition) is 4. The molecular weight excluding hydrogens is 308 g/mol. The normalized spacial score (nSPS) is 14.0. The first-order valence-electron chi connectivity index (χ1n) is 8.01. The van der Waals surface area contributed by atoms with Gasteiger partial charge in [0.25, 0.3) is 0 Å². The second-order valence-corrected chi connectivity index (χ2v) is 6.94. The lowest BCUT2D eigenvalue weighted by molar-refractivity contribution is -0.113. The average Bonchev–Trinajstić information content (AvgIpc) is 3.29. The lowest BCUT2D eigenvalue weighted by Crippen LogP contribution is -2.15. The number of anilines is 1. The van der Waals surface area contributed by atoms with E-state index < -0.39 is 0 Å². The molecule has 1 N–H and O–H groups in total. The molecule has 1 aromatic heterocycles. The monoisotopic (exact) mass is 330 g/mol. The summed E-state index contributed by atoms with van der Waals surface area (Å²) in [6.45, 7) is 7.04. The second kappa shape index (κ2) is 6.74. The summed E-state index contributed by atoms with van der Waals surface area (Å²) in [7, 11) is 0. The fourth-order valence-corrected chi connectivity index (χ4v) is 3.30. The van der Waals surface area contributed by atoms with Crippen molar-refractivity contribution >= 4 is 23.4 Å². The van der Waals surface area contributed by atoms with E-state index in [1.54, 1.807) is 0 Å². The molecule has 1 aromatic carbocycles. The number of carbonyl (C=O) groups excluding carboxylic acids is 1. The first kappa shape index (κ1) is 16.1. The van der Waals surface area contributed by atoms with Crippen molar-refractivity contribution in [2.75, 3.05) is 11.1 Å². The highest BCUT2D eigenvalue weighted by molar-refractivity contribution is 7.99. The van der Waals surface area contributed by atoms with Crippen LogP contribution in [0, 0.1) is 13.8 Å². The molecule has 0 spiro atoms. The van der Waals surface area contributed by atoms with Gasteiger partial charge in [0.05, 0.1) is 5.75 Å². The number of thioether (sulfide) groups is 1. The van der Waals surface area contributed by atoms with Crippen LogP contribution in [0.5, 0.6) is 0 Å². The fraction of sp³-hybridized carbons (Fsp3) is 0.471. The summed E-state index contributed by atoms with van der Waals surface area (Å²) in [5, 5.41) is 12.3. The van der Waals surface area contributed by atoms with Gasteiger partial charge in [-0.1, -0.05) is 17.8 Å². The Bertz CT molecular complexity index is 721. The van der Waals surface area contributed by atoms with Crippen LogP contribution in [0.4, 0.5) is 5.69 Å². The van der Waals surface area contributed by atoms with Crippen molar-refractivity contribution in [2.24, 2.45) is 0 Å². The third-order valence-electron chi connectivity index (χ3n) is 4.13. The molecule has 1 aliphatic carbocycles. The van der Waals surface area contributed by atoms with E-state index in [0.29, 0.717) is 11.7 Å². The molecule has 1 aliphatic rings. The Hall–Kier alpha value is -1.82. The molecule has 0 unspecified atom stereocenters. The van der Waals surface area contributed by atoms with Crippen molar-refractivity contribution in [3.8, 4) is 0 Å². The minimum Gasteiger partial charge on any atom is -0.325 e. The predicted molar refractivity (Wildman–Crippen MR) is 92.9 cm³/mol. The molecule has 0 radical (unpaired) electrons. The van der Waals surface area contributed by atoms with Gasteiger partial charge >= 0.3 is 0 Å². The number of nitrogens with one attached hydrogen (secondary N) is 1. The van der Waals surface area contributed by atoms with Gasteiger partial charge in [0.2, 0.25) is 5.91 Å². The Morgan fingerprint density at radius 3 is 2.74 bits per heavy atom. The van der Waals surface area contributed by atoms with Gasteiger partial charge in [-0.15, -0.1) is 10.2 Å². The summed E-state index contributed by atoms with van der Waals surface area (Å²) in [6.07, 6.45) is 2.41. The van der Waals surface area contributed by atoms with Crippen LogP contribution < -0.4 is 5.32 Å². The number of hydrogen-bond donors (Lipinski definition) is 1. The maximum atomic E-state index is 12.1. The molecule has 1 saturated carbocycles. The topological polar surface area (TPSA) is 59.8 Å². The summed E-state index contributed by atoms with van der Waals surface area (Å²) >= 11 is 1.45. The van der Waals surface area contributed by atoms with E-state index in [2.05, 4.69) is 33.9 Å². The molecule has 3 rings (SSSR count). The summed E-state index contributed by atoms with van der Waals surface area (Å²) in [6, 6.07) is 5.95. The number of carbonyl (C=O) groups is 1. The molecule has 1 heterocycles. The minimum atomic E-state index is -0.0168. The van der Waals surface area contributed by atoms with Gasteiger partial charge in [0, 0.05) is 18.2 Å². The van der Waals surface area contributed by atoms with Crippen LogP contribution in [-0.2, 0) is 11.3 Å². The van der Waals surface area contributed by atoms with E-state index >= 15 is 0 Å². The van der Waals surface area contributed by atoms with Crippen molar-refractivity contribution in [3.63, 3.8) is 0 Å². The Kier molecular flexibility index (Phi) is 4.71. The molecule has 2 aromatic rings. The molecule has 0 atom stereocenters. The van der Waals surface area contributed by atoms with Gasteiger partial charge < -0.3 is 9.88 Å². The highest BCUT2D eigenvalue weighted by atomic mass is 32.2. The quantitative estimate of drug-likeness (QED) is 0.823. The molecule has 0 bridgehead atoms. The maximum absolute atomic E-state index is 12.1. The summed E-state index contributed by atoms with van der Waals surface area (Å²) in [5.41, 5.74) is 3.24. The Balaban J connectivity index is 1.59. The van der Waals surface area contributed by atoms with Crippen molar-refractivity contribution in [1.82, 2.24) is 14.8 Å². The SMILES string of the molecule is CCn1c(SCC(=O)Nc2ccc(C)c(C)c2)nnc1C1CC1. The number of aryl methyl sites for hydroxylation is 2. The molecule has 1 amide bonds. The van der Waals surface area contributed by atoms with E-state index in [9.17, 15) is 4.79 Å². The van der Waals surface area contributed by atoms with Gasteiger partial charge in [-0.3, -0.25) is 4.79 Å².